The Morgan fingerprint density at radius 2 is 1.77 bits per heavy atom. The molecular formula is C28H36BrF4N3O3Si. The molecule has 6 nitrogen and oxygen atoms in total. The second-order valence-corrected chi connectivity index (χ2v) is 16.9. The predicted molar refractivity (Wildman–Crippen MR) is 153 cm³/mol. The highest BCUT2D eigenvalue weighted by Crippen LogP contribution is 2.36. The zero-order chi connectivity index (χ0) is 29.9. The summed E-state index contributed by atoms with van der Waals surface area (Å²) in [6, 6.07) is 7.11. The fourth-order valence-corrected chi connectivity index (χ4v) is 5.39. The van der Waals surface area contributed by atoms with Crippen LogP contribution in [0.1, 0.15) is 56.5 Å². The van der Waals surface area contributed by atoms with Crippen LogP contribution in [0.2, 0.25) is 18.1 Å². The van der Waals surface area contributed by atoms with Gasteiger partial charge in [-0.3, -0.25) is 9.36 Å². The minimum absolute atomic E-state index is 0.0169. The Morgan fingerprint density at radius 3 is 2.40 bits per heavy atom. The summed E-state index contributed by atoms with van der Waals surface area (Å²) in [5, 5.41) is 0.0169. The van der Waals surface area contributed by atoms with Gasteiger partial charge in [0.1, 0.15) is 18.1 Å². The number of imidazole rings is 1. The van der Waals surface area contributed by atoms with Crippen molar-refractivity contribution in [2.24, 2.45) is 4.99 Å². The zero-order valence-electron chi connectivity index (χ0n) is 23.7. The second-order valence-electron chi connectivity index (χ2n) is 11.1. The summed E-state index contributed by atoms with van der Waals surface area (Å²) in [5.74, 6) is -1.41. The van der Waals surface area contributed by atoms with Gasteiger partial charge in [0.2, 0.25) is 5.62 Å². The van der Waals surface area contributed by atoms with Crippen molar-refractivity contribution in [3.63, 3.8) is 0 Å². The third kappa shape index (κ3) is 7.51. The molecule has 0 unspecified atom stereocenters. The molecule has 0 aliphatic carbocycles. The molecule has 220 valence electrons. The Balaban J connectivity index is 2.13. The molecule has 0 fully saturated rings. The van der Waals surface area contributed by atoms with Crippen molar-refractivity contribution in [1.82, 2.24) is 9.13 Å². The zero-order valence-corrected chi connectivity index (χ0v) is 26.2. The van der Waals surface area contributed by atoms with Gasteiger partial charge in [-0.15, -0.1) is 0 Å². The summed E-state index contributed by atoms with van der Waals surface area (Å²) < 4.78 is 70.9. The molecule has 1 aromatic heterocycles. The molecule has 2 aromatic carbocycles. The molecular weight excluding hydrogens is 610 g/mol. The van der Waals surface area contributed by atoms with Crippen LogP contribution in [0, 0.1) is 5.82 Å². The number of halogens is 5. The van der Waals surface area contributed by atoms with E-state index in [0.29, 0.717) is 29.6 Å². The van der Waals surface area contributed by atoms with Gasteiger partial charge in [0.15, 0.2) is 8.32 Å². The second kappa shape index (κ2) is 12.7. The van der Waals surface area contributed by atoms with E-state index in [0.717, 1.165) is 24.6 Å². The average molecular weight is 647 g/mol. The summed E-state index contributed by atoms with van der Waals surface area (Å²) in [4.78, 5) is 17.4. The monoisotopic (exact) mass is 645 g/mol. The lowest BCUT2D eigenvalue weighted by Gasteiger charge is -2.36. The molecule has 0 bridgehead atoms. The number of alkyl halides is 3. The highest BCUT2D eigenvalue weighted by Gasteiger charge is 2.37. The van der Waals surface area contributed by atoms with Crippen molar-refractivity contribution in [1.29, 1.82) is 0 Å². The topological polar surface area (TPSA) is 57.8 Å². The minimum Gasteiger partial charge on any atom is -0.417 e. The largest absolute Gasteiger partial charge is 0.417 e. The van der Waals surface area contributed by atoms with Crippen LogP contribution in [-0.2, 0) is 28.6 Å². The van der Waals surface area contributed by atoms with Gasteiger partial charge < -0.3 is 13.7 Å². The number of nitrogens with zero attached hydrogens (tertiary/aromatic N) is 3. The van der Waals surface area contributed by atoms with E-state index in [9.17, 15) is 18.0 Å². The van der Waals surface area contributed by atoms with Crippen LogP contribution in [-0.4, -0.2) is 36.6 Å². The molecule has 3 rings (SSSR count). The number of hydrogen-bond acceptors (Lipinski definition) is 3. The molecule has 0 atom stereocenters. The van der Waals surface area contributed by atoms with Crippen LogP contribution in [0.3, 0.4) is 0 Å². The van der Waals surface area contributed by atoms with Gasteiger partial charge in [0.25, 0.3) is 5.91 Å². The number of aromatic nitrogens is 2. The van der Waals surface area contributed by atoms with Gasteiger partial charge in [-0.05, 0) is 61.3 Å². The molecule has 0 radical (unpaired) electrons. The van der Waals surface area contributed by atoms with Crippen molar-refractivity contribution in [3.05, 3.63) is 63.4 Å². The van der Waals surface area contributed by atoms with Gasteiger partial charge in [0, 0.05) is 29.8 Å². The quantitative estimate of drug-likeness (QED) is 0.128. The normalized spacial score (nSPS) is 13.4. The van der Waals surface area contributed by atoms with Crippen molar-refractivity contribution < 1.29 is 31.5 Å². The fourth-order valence-electron chi connectivity index (χ4n) is 3.89. The number of benzene rings is 2. The number of carbonyl (C=O) groups is 1. The van der Waals surface area contributed by atoms with Gasteiger partial charge in [-0.25, -0.2) is 4.39 Å². The molecule has 0 saturated heterocycles. The first-order valence-electron chi connectivity index (χ1n) is 13.1. The summed E-state index contributed by atoms with van der Waals surface area (Å²) in [7, 11) is -2.02. The Hall–Kier alpha value is -2.28. The van der Waals surface area contributed by atoms with E-state index in [2.05, 4.69) is 54.8 Å². The van der Waals surface area contributed by atoms with Gasteiger partial charge in [0.05, 0.1) is 11.1 Å². The fraction of sp³-hybridized carbons (Fsp3) is 0.500. The van der Waals surface area contributed by atoms with Crippen molar-refractivity contribution in [2.75, 3.05) is 13.2 Å². The van der Waals surface area contributed by atoms with E-state index >= 15 is 4.39 Å². The lowest BCUT2D eigenvalue weighted by Crippen LogP contribution is -2.41. The third-order valence-corrected chi connectivity index (χ3v) is 12.1. The van der Waals surface area contributed by atoms with Crippen LogP contribution in [0.4, 0.5) is 17.6 Å². The molecule has 0 saturated carbocycles. The maximum atomic E-state index is 15.4. The molecule has 0 N–H and O–H groups in total. The van der Waals surface area contributed by atoms with E-state index in [1.54, 1.807) is 15.2 Å². The van der Waals surface area contributed by atoms with Gasteiger partial charge >= 0.3 is 6.18 Å². The molecule has 0 aliphatic heterocycles. The minimum atomic E-state index is -4.61. The highest BCUT2D eigenvalue weighted by atomic mass is 79.9. The molecule has 1 amide bonds. The van der Waals surface area contributed by atoms with Crippen molar-refractivity contribution >= 4 is 41.2 Å². The third-order valence-electron chi connectivity index (χ3n) is 7.05. The van der Waals surface area contributed by atoms with Crippen LogP contribution in [0.5, 0.6) is 0 Å². The first kappa shape index (κ1) is 32.2. The van der Waals surface area contributed by atoms with Crippen LogP contribution >= 0.6 is 15.9 Å². The van der Waals surface area contributed by atoms with E-state index in [4.69, 9.17) is 9.16 Å². The Bertz CT molecular complexity index is 1430. The standard InChI is InChI=1S/C28H36BrF4N3O3Si/c1-7-13-38-18-36-23-17-21(29)16-22(30)24(23)35(12-9-14-39-40(5,6)27(2,3)4)26(36)34-25(37)19-10-8-11-20(15-19)28(31,32)33/h8,10-11,15-17H,7,9,12-14,18H2,1-6H3/b34-26-. The predicted octanol–water partition coefficient (Wildman–Crippen LogP) is 7.90. The van der Waals surface area contributed by atoms with E-state index in [-0.39, 0.29) is 35.0 Å². The highest BCUT2D eigenvalue weighted by molar-refractivity contribution is 9.10. The number of amides is 1. The lowest BCUT2D eigenvalue weighted by atomic mass is 10.1. The smallest absolute Gasteiger partial charge is 0.416 e. The molecule has 0 aliphatic rings. The van der Waals surface area contributed by atoms with E-state index in [1.807, 2.05) is 6.92 Å². The summed E-state index contributed by atoms with van der Waals surface area (Å²) in [6.07, 6.45) is -3.38. The van der Waals surface area contributed by atoms with Crippen LogP contribution in [0.15, 0.2) is 45.9 Å². The maximum Gasteiger partial charge on any atom is 0.416 e. The number of rotatable bonds is 10. The van der Waals surface area contributed by atoms with Gasteiger partial charge in [-0.1, -0.05) is 49.7 Å². The average Bonchev–Trinajstić information content (AvgIpc) is 3.13. The Labute approximate surface area is 241 Å². The maximum absolute atomic E-state index is 15.4. The van der Waals surface area contributed by atoms with Crippen molar-refractivity contribution in [3.8, 4) is 0 Å². The van der Waals surface area contributed by atoms with E-state index in [1.165, 1.54) is 12.1 Å². The van der Waals surface area contributed by atoms with E-state index < -0.39 is 31.8 Å². The Kier molecular flexibility index (Phi) is 10.2. The van der Waals surface area contributed by atoms with Gasteiger partial charge in [-0.2, -0.15) is 18.2 Å². The molecule has 40 heavy (non-hydrogen) atoms. The number of ether oxygens (including phenoxy) is 1. The summed E-state index contributed by atoms with van der Waals surface area (Å²) >= 11 is 3.33. The first-order valence-corrected chi connectivity index (χ1v) is 16.8. The number of hydrogen-bond donors (Lipinski definition) is 0. The molecule has 0 spiro atoms. The number of aryl methyl sites for hydroxylation is 1. The first-order chi connectivity index (χ1) is 18.6. The number of fused-ring (bicyclic) bond motifs is 1. The van der Waals surface area contributed by atoms with Crippen LogP contribution in [0.25, 0.3) is 11.0 Å². The van der Waals surface area contributed by atoms with Crippen LogP contribution < -0.4 is 5.62 Å². The molecule has 3 aromatic rings. The number of carbonyl (C=O) groups excluding carboxylic acids is 1. The molecule has 12 heteroatoms. The summed E-state index contributed by atoms with van der Waals surface area (Å²) in [5.41, 5.74) is -0.450. The SMILES string of the molecule is CCCOCn1/c(=N\C(=O)c2cccc(C(F)(F)F)c2)n(CCCO[Si](C)(C)C(C)(C)C)c2c(F)cc(Br)cc21. The molecule has 1 heterocycles. The van der Waals surface area contributed by atoms with Crippen molar-refractivity contribution in [2.45, 2.75) is 78.1 Å². The lowest BCUT2D eigenvalue weighted by molar-refractivity contribution is -0.137. The summed E-state index contributed by atoms with van der Waals surface area (Å²) in [6.45, 7) is 13.7. The Morgan fingerprint density at radius 1 is 1.07 bits per heavy atom.